The zero-order valence-corrected chi connectivity index (χ0v) is 11.6. The Morgan fingerprint density at radius 1 is 1.47 bits per heavy atom. The molecule has 1 aromatic rings. The molecule has 0 aromatic heterocycles. The average molecular weight is 262 g/mol. The van der Waals surface area contributed by atoms with Crippen LogP contribution in [-0.2, 0) is 4.79 Å². The van der Waals surface area contributed by atoms with Crippen molar-refractivity contribution in [1.82, 2.24) is 5.32 Å². The Labute approximate surface area is 114 Å². The fourth-order valence-electron chi connectivity index (χ4n) is 1.68. The summed E-state index contributed by atoms with van der Waals surface area (Å²) in [5.41, 5.74) is 0.909. The van der Waals surface area contributed by atoms with Gasteiger partial charge in [-0.2, -0.15) is 0 Å². The molecule has 0 aliphatic heterocycles. The van der Waals surface area contributed by atoms with E-state index in [9.17, 15) is 4.79 Å². The number of carbonyl (C=O) groups excluding carboxylic acids is 1. The summed E-state index contributed by atoms with van der Waals surface area (Å²) < 4.78 is 5.74. The number of hydrogen-bond donors (Lipinski definition) is 2. The molecule has 1 unspecified atom stereocenters. The predicted octanol–water partition coefficient (Wildman–Crippen LogP) is 2.55. The van der Waals surface area contributed by atoms with Crippen LogP contribution in [0.3, 0.4) is 0 Å². The molecule has 0 bridgehead atoms. The van der Waals surface area contributed by atoms with Gasteiger partial charge in [-0.3, -0.25) is 4.79 Å². The molecular formula is C15H22N2O2. The van der Waals surface area contributed by atoms with Crippen LogP contribution in [0.15, 0.2) is 24.3 Å². The SMILES string of the molecule is CCC(C)Oc1cccc(NCC(=O)NC2CC2)c1. The van der Waals surface area contributed by atoms with E-state index in [0.717, 1.165) is 30.7 Å². The lowest BCUT2D eigenvalue weighted by atomic mass is 10.2. The first kappa shape index (κ1) is 13.7. The third kappa shape index (κ3) is 4.81. The van der Waals surface area contributed by atoms with Gasteiger partial charge in [0.05, 0.1) is 12.6 Å². The van der Waals surface area contributed by atoms with E-state index < -0.39 is 0 Å². The second kappa shape index (κ2) is 6.45. The topological polar surface area (TPSA) is 50.4 Å². The van der Waals surface area contributed by atoms with Gasteiger partial charge in [0.2, 0.25) is 5.91 Å². The highest BCUT2D eigenvalue weighted by Crippen LogP contribution is 2.20. The van der Waals surface area contributed by atoms with Crippen LogP contribution in [0.4, 0.5) is 5.69 Å². The Hall–Kier alpha value is -1.71. The second-order valence-corrected chi connectivity index (χ2v) is 5.06. The lowest BCUT2D eigenvalue weighted by Gasteiger charge is -2.14. The highest BCUT2D eigenvalue weighted by atomic mass is 16.5. The zero-order valence-electron chi connectivity index (χ0n) is 11.6. The molecule has 4 heteroatoms. The van der Waals surface area contributed by atoms with Gasteiger partial charge in [0, 0.05) is 17.8 Å². The number of anilines is 1. The smallest absolute Gasteiger partial charge is 0.239 e. The second-order valence-electron chi connectivity index (χ2n) is 5.06. The number of carbonyl (C=O) groups is 1. The van der Waals surface area contributed by atoms with E-state index in [-0.39, 0.29) is 12.0 Å². The normalized spacial score (nSPS) is 15.7. The predicted molar refractivity (Wildman–Crippen MR) is 76.5 cm³/mol. The molecule has 2 rings (SSSR count). The molecule has 1 aromatic carbocycles. The van der Waals surface area contributed by atoms with Gasteiger partial charge < -0.3 is 15.4 Å². The van der Waals surface area contributed by atoms with E-state index in [4.69, 9.17) is 4.74 Å². The minimum Gasteiger partial charge on any atom is -0.491 e. The number of amides is 1. The number of nitrogens with one attached hydrogen (secondary N) is 2. The quantitative estimate of drug-likeness (QED) is 0.794. The molecule has 2 N–H and O–H groups in total. The summed E-state index contributed by atoms with van der Waals surface area (Å²) in [5, 5.41) is 6.06. The van der Waals surface area contributed by atoms with E-state index in [2.05, 4.69) is 17.6 Å². The van der Waals surface area contributed by atoms with E-state index in [1.165, 1.54) is 0 Å². The van der Waals surface area contributed by atoms with Crippen molar-refractivity contribution in [2.75, 3.05) is 11.9 Å². The largest absolute Gasteiger partial charge is 0.491 e. The highest BCUT2D eigenvalue weighted by Gasteiger charge is 2.22. The molecule has 1 atom stereocenters. The summed E-state index contributed by atoms with van der Waals surface area (Å²) in [4.78, 5) is 11.6. The van der Waals surface area contributed by atoms with Crippen LogP contribution in [0.1, 0.15) is 33.1 Å². The minimum atomic E-state index is 0.0516. The van der Waals surface area contributed by atoms with Crippen molar-refractivity contribution in [3.8, 4) is 5.75 Å². The molecule has 4 nitrogen and oxygen atoms in total. The number of ether oxygens (including phenoxy) is 1. The van der Waals surface area contributed by atoms with Gasteiger partial charge in [0.25, 0.3) is 0 Å². The van der Waals surface area contributed by atoms with Crippen LogP contribution in [0, 0.1) is 0 Å². The van der Waals surface area contributed by atoms with Crippen LogP contribution < -0.4 is 15.4 Å². The molecule has 0 spiro atoms. The van der Waals surface area contributed by atoms with Crippen molar-refractivity contribution in [2.24, 2.45) is 0 Å². The molecule has 1 aliphatic carbocycles. The van der Waals surface area contributed by atoms with Gasteiger partial charge in [0.15, 0.2) is 0 Å². The number of benzene rings is 1. The molecule has 0 radical (unpaired) electrons. The van der Waals surface area contributed by atoms with Gasteiger partial charge in [-0.25, -0.2) is 0 Å². The fraction of sp³-hybridized carbons (Fsp3) is 0.533. The van der Waals surface area contributed by atoms with Gasteiger partial charge in [-0.05, 0) is 38.3 Å². The Balaban J connectivity index is 1.82. The van der Waals surface area contributed by atoms with Crippen molar-refractivity contribution >= 4 is 11.6 Å². The number of hydrogen-bond acceptors (Lipinski definition) is 3. The molecule has 1 fully saturated rings. The first-order chi connectivity index (χ1) is 9.17. The van der Waals surface area contributed by atoms with Crippen LogP contribution in [0.5, 0.6) is 5.75 Å². The average Bonchev–Trinajstić information content (AvgIpc) is 3.20. The lowest BCUT2D eigenvalue weighted by molar-refractivity contribution is -0.119. The van der Waals surface area contributed by atoms with Crippen LogP contribution in [0.25, 0.3) is 0 Å². The molecule has 1 amide bonds. The molecule has 1 aliphatic rings. The van der Waals surface area contributed by atoms with Crippen molar-refractivity contribution in [1.29, 1.82) is 0 Å². The Bertz CT molecular complexity index is 430. The summed E-state index contributed by atoms with van der Waals surface area (Å²) in [5.74, 6) is 0.887. The summed E-state index contributed by atoms with van der Waals surface area (Å²) >= 11 is 0. The van der Waals surface area contributed by atoms with Crippen molar-refractivity contribution in [3.63, 3.8) is 0 Å². The zero-order chi connectivity index (χ0) is 13.7. The first-order valence-electron chi connectivity index (χ1n) is 6.97. The summed E-state index contributed by atoms with van der Waals surface area (Å²) in [6.45, 7) is 4.45. The van der Waals surface area contributed by atoms with Crippen molar-refractivity contribution < 1.29 is 9.53 Å². The standard InChI is InChI=1S/C15H22N2O2/c1-3-11(2)19-14-6-4-5-13(9-14)16-10-15(18)17-12-7-8-12/h4-6,9,11-12,16H,3,7-8,10H2,1-2H3,(H,17,18). The molecule has 0 saturated heterocycles. The molecule has 19 heavy (non-hydrogen) atoms. The highest BCUT2D eigenvalue weighted by molar-refractivity contribution is 5.81. The summed E-state index contributed by atoms with van der Waals surface area (Å²) in [6.07, 6.45) is 3.41. The molecule has 1 saturated carbocycles. The van der Waals surface area contributed by atoms with Gasteiger partial charge in [-0.15, -0.1) is 0 Å². The summed E-state index contributed by atoms with van der Waals surface area (Å²) in [6, 6.07) is 8.14. The van der Waals surface area contributed by atoms with Crippen molar-refractivity contribution in [3.05, 3.63) is 24.3 Å². The maximum absolute atomic E-state index is 11.6. The van der Waals surface area contributed by atoms with E-state index >= 15 is 0 Å². The van der Waals surface area contributed by atoms with Crippen LogP contribution >= 0.6 is 0 Å². The van der Waals surface area contributed by atoms with Gasteiger partial charge in [0.1, 0.15) is 5.75 Å². The summed E-state index contributed by atoms with van der Waals surface area (Å²) in [7, 11) is 0. The van der Waals surface area contributed by atoms with Crippen molar-refractivity contribution in [2.45, 2.75) is 45.3 Å². The minimum absolute atomic E-state index is 0.0516. The van der Waals surface area contributed by atoms with E-state index in [1.807, 2.05) is 31.2 Å². The Kier molecular flexibility index (Phi) is 4.66. The monoisotopic (exact) mass is 262 g/mol. The molecule has 104 valence electrons. The fourth-order valence-corrected chi connectivity index (χ4v) is 1.68. The number of rotatable bonds is 7. The molecular weight excluding hydrogens is 240 g/mol. The third-order valence-corrected chi connectivity index (χ3v) is 3.14. The Morgan fingerprint density at radius 2 is 2.26 bits per heavy atom. The van der Waals surface area contributed by atoms with E-state index in [0.29, 0.717) is 12.6 Å². The Morgan fingerprint density at radius 3 is 2.95 bits per heavy atom. The van der Waals surface area contributed by atoms with Gasteiger partial charge in [-0.1, -0.05) is 13.0 Å². The maximum Gasteiger partial charge on any atom is 0.239 e. The maximum atomic E-state index is 11.6. The van der Waals surface area contributed by atoms with Crippen LogP contribution in [0.2, 0.25) is 0 Å². The van der Waals surface area contributed by atoms with Gasteiger partial charge >= 0.3 is 0 Å². The van der Waals surface area contributed by atoms with E-state index in [1.54, 1.807) is 0 Å². The first-order valence-corrected chi connectivity index (χ1v) is 6.97. The van der Waals surface area contributed by atoms with Crippen LogP contribution in [-0.4, -0.2) is 24.6 Å². The molecule has 0 heterocycles. The third-order valence-electron chi connectivity index (χ3n) is 3.14. The lowest BCUT2D eigenvalue weighted by Crippen LogP contribution is -2.31.